The van der Waals surface area contributed by atoms with Crippen LogP contribution in [0.15, 0.2) is 12.3 Å². The first kappa shape index (κ1) is 14.3. The highest BCUT2D eigenvalue weighted by molar-refractivity contribution is 5.48. The van der Waals surface area contributed by atoms with E-state index >= 15 is 0 Å². The molecule has 1 saturated carbocycles. The molecule has 1 aliphatic carbocycles. The summed E-state index contributed by atoms with van der Waals surface area (Å²) in [7, 11) is 1.95. The van der Waals surface area contributed by atoms with Gasteiger partial charge in [-0.3, -0.25) is 0 Å². The first-order chi connectivity index (χ1) is 9.26. The van der Waals surface area contributed by atoms with Crippen LogP contribution in [0.5, 0.6) is 0 Å². The van der Waals surface area contributed by atoms with Crippen molar-refractivity contribution in [1.82, 2.24) is 10.3 Å². The number of nitrogens with one attached hydrogen (secondary N) is 1. The molecule has 0 amide bonds. The molecule has 106 valence electrons. The van der Waals surface area contributed by atoms with E-state index in [2.05, 4.69) is 28.2 Å². The van der Waals surface area contributed by atoms with Gasteiger partial charge < -0.3 is 15.3 Å². The smallest absolute Gasteiger partial charge is 0.131 e. The van der Waals surface area contributed by atoms with Crippen LogP contribution in [0, 0.1) is 6.92 Å². The lowest BCUT2D eigenvalue weighted by atomic mass is 9.91. The summed E-state index contributed by atoms with van der Waals surface area (Å²) in [6, 6.07) is 2.83. The van der Waals surface area contributed by atoms with Crippen molar-refractivity contribution in [1.29, 1.82) is 0 Å². The van der Waals surface area contributed by atoms with Gasteiger partial charge in [0.2, 0.25) is 0 Å². The van der Waals surface area contributed by atoms with Crippen molar-refractivity contribution in [3.05, 3.63) is 23.4 Å². The molecule has 1 heterocycles. The summed E-state index contributed by atoms with van der Waals surface area (Å²) in [5.41, 5.74) is 2.46. The molecule has 1 aromatic heterocycles. The number of rotatable bonds is 7. The molecular formula is C15H25N3O. The van der Waals surface area contributed by atoms with E-state index < -0.39 is 0 Å². The highest BCUT2D eigenvalue weighted by Gasteiger charge is 2.26. The molecule has 4 heteroatoms. The van der Waals surface area contributed by atoms with Crippen molar-refractivity contribution in [2.45, 2.75) is 45.2 Å². The van der Waals surface area contributed by atoms with E-state index in [9.17, 15) is 0 Å². The van der Waals surface area contributed by atoms with Crippen LogP contribution in [-0.2, 0) is 6.54 Å². The molecule has 2 rings (SSSR count). The summed E-state index contributed by atoms with van der Waals surface area (Å²) >= 11 is 0. The summed E-state index contributed by atoms with van der Waals surface area (Å²) in [5, 5.41) is 12.2. The van der Waals surface area contributed by atoms with Crippen molar-refractivity contribution in [3.63, 3.8) is 0 Å². The zero-order valence-electron chi connectivity index (χ0n) is 12.0. The second kappa shape index (κ2) is 6.87. The molecule has 1 aromatic rings. The third kappa shape index (κ3) is 3.45. The lowest BCUT2D eigenvalue weighted by Gasteiger charge is -2.39. The molecule has 0 atom stereocenters. The van der Waals surface area contributed by atoms with Gasteiger partial charge in [0.15, 0.2) is 0 Å². The van der Waals surface area contributed by atoms with Crippen LogP contribution in [0.1, 0.15) is 36.8 Å². The lowest BCUT2D eigenvalue weighted by molar-refractivity contribution is 0.282. The highest BCUT2D eigenvalue weighted by atomic mass is 16.3. The topological polar surface area (TPSA) is 48.4 Å². The van der Waals surface area contributed by atoms with E-state index in [4.69, 9.17) is 5.11 Å². The number of anilines is 1. The van der Waals surface area contributed by atoms with Gasteiger partial charge in [-0.25, -0.2) is 4.98 Å². The fourth-order valence-electron chi connectivity index (χ4n) is 2.63. The average Bonchev–Trinajstić information content (AvgIpc) is 2.33. The molecule has 1 fully saturated rings. The zero-order chi connectivity index (χ0) is 13.7. The highest BCUT2D eigenvalue weighted by Crippen LogP contribution is 2.30. The molecule has 0 aromatic carbocycles. The molecule has 1 aliphatic rings. The van der Waals surface area contributed by atoms with Crippen molar-refractivity contribution < 1.29 is 5.11 Å². The number of hydrogen-bond acceptors (Lipinski definition) is 4. The molecule has 0 aliphatic heterocycles. The van der Waals surface area contributed by atoms with Crippen LogP contribution in [0.3, 0.4) is 0 Å². The van der Waals surface area contributed by atoms with Gasteiger partial charge in [-0.1, -0.05) is 0 Å². The second-order valence-electron chi connectivity index (χ2n) is 5.37. The van der Waals surface area contributed by atoms with Crippen molar-refractivity contribution in [2.75, 3.05) is 25.1 Å². The van der Waals surface area contributed by atoms with E-state index in [1.54, 1.807) is 0 Å². The predicted molar refractivity (Wildman–Crippen MR) is 78.4 cm³/mol. The van der Waals surface area contributed by atoms with Crippen molar-refractivity contribution in [2.24, 2.45) is 0 Å². The molecule has 4 nitrogen and oxygen atoms in total. The SMILES string of the molecule is CNCc1cnc(N(CCCO)C2CCC2)c(C)c1. The van der Waals surface area contributed by atoms with Gasteiger partial charge in [-0.05, 0) is 56.8 Å². The minimum absolute atomic E-state index is 0.250. The number of pyridine rings is 1. The van der Waals surface area contributed by atoms with Gasteiger partial charge in [-0.2, -0.15) is 0 Å². The monoisotopic (exact) mass is 263 g/mol. The number of aromatic nitrogens is 1. The summed E-state index contributed by atoms with van der Waals surface area (Å²) < 4.78 is 0. The normalized spacial score (nSPS) is 15.3. The molecular weight excluding hydrogens is 238 g/mol. The molecule has 0 bridgehead atoms. The Labute approximate surface area is 115 Å². The van der Waals surface area contributed by atoms with E-state index in [1.807, 2.05) is 13.2 Å². The van der Waals surface area contributed by atoms with E-state index in [0.29, 0.717) is 6.04 Å². The van der Waals surface area contributed by atoms with Gasteiger partial charge in [-0.15, -0.1) is 0 Å². The fourth-order valence-corrected chi connectivity index (χ4v) is 2.63. The van der Waals surface area contributed by atoms with E-state index in [-0.39, 0.29) is 6.61 Å². The average molecular weight is 263 g/mol. The molecule has 0 spiro atoms. The minimum atomic E-state index is 0.250. The maximum Gasteiger partial charge on any atom is 0.131 e. The third-order valence-electron chi connectivity index (χ3n) is 3.83. The van der Waals surface area contributed by atoms with Crippen LogP contribution in [-0.4, -0.2) is 36.3 Å². The molecule has 19 heavy (non-hydrogen) atoms. The van der Waals surface area contributed by atoms with Crippen LogP contribution < -0.4 is 10.2 Å². The second-order valence-corrected chi connectivity index (χ2v) is 5.37. The largest absolute Gasteiger partial charge is 0.396 e. The molecule has 0 unspecified atom stereocenters. The summed E-state index contributed by atoms with van der Waals surface area (Å²) in [4.78, 5) is 7.04. The first-order valence-corrected chi connectivity index (χ1v) is 7.24. The van der Waals surface area contributed by atoms with Crippen molar-refractivity contribution in [3.8, 4) is 0 Å². The van der Waals surface area contributed by atoms with Crippen LogP contribution in [0.25, 0.3) is 0 Å². The summed E-state index contributed by atoms with van der Waals surface area (Å²) in [6.45, 7) is 4.14. The number of aliphatic hydroxyl groups is 1. The Morgan fingerprint density at radius 2 is 2.26 bits per heavy atom. The predicted octanol–water partition coefficient (Wildman–Crippen LogP) is 1.85. The number of aryl methyl sites for hydroxylation is 1. The Kier molecular flexibility index (Phi) is 5.16. The molecule has 2 N–H and O–H groups in total. The zero-order valence-corrected chi connectivity index (χ0v) is 12.0. The van der Waals surface area contributed by atoms with Crippen LogP contribution in [0.2, 0.25) is 0 Å². The van der Waals surface area contributed by atoms with Gasteiger partial charge in [0.05, 0.1) is 0 Å². The number of hydrogen-bond donors (Lipinski definition) is 2. The molecule has 0 radical (unpaired) electrons. The summed E-state index contributed by atoms with van der Waals surface area (Å²) in [5.74, 6) is 1.10. The Bertz CT molecular complexity index is 404. The molecule has 0 saturated heterocycles. The van der Waals surface area contributed by atoms with Crippen LogP contribution in [0.4, 0.5) is 5.82 Å². The third-order valence-corrected chi connectivity index (χ3v) is 3.83. The van der Waals surface area contributed by atoms with Gasteiger partial charge in [0, 0.05) is 31.9 Å². The summed E-state index contributed by atoms with van der Waals surface area (Å²) in [6.07, 6.45) is 6.60. The van der Waals surface area contributed by atoms with Crippen LogP contribution >= 0.6 is 0 Å². The first-order valence-electron chi connectivity index (χ1n) is 7.24. The fraction of sp³-hybridized carbons (Fsp3) is 0.667. The lowest BCUT2D eigenvalue weighted by Crippen LogP contribution is -2.42. The number of aliphatic hydroxyl groups excluding tert-OH is 1. The van der Waals surface area contributed by atoms with Gasteiger partial charge >= 0.3 is 0 Å². The standard InChI is InChI=1S/C15H25N3O/c1-12-9-13(10-16-2)11-17-15(12)18(7-4-8-19)14-5-3-6-14/h9,11,14,16,19H,3-8,10H2,1-2H3. The van der Waals surface area contributed by atoms with E-state index in [0.717, 1.165) is 25.3 Å². The van der Waals surface area contributed by atoms with Gasteiger partial charge in [0.25, 0.3) is 0 Å². The quantitative estimate of drug-likeness (QED) is 0.788. The maximum absolute atomic E-state index is 9.06. The van der Waals surface area contributed by atoms with E-state index in [1.165, 1.54) is 30.4 Å². The minimum Gasteiger partial charge on any atom is -0.396 e. The maximum atomic E-state index is 9.06. The Balaban J connectivity index is 2.15. The number of nitrogens with zero attached hydrogens (tertiary/aromatic N) is 2. The Morgan fingerprint density at radius 3 is 2.79 bits per heavy atom. The Hall–Kier alpha value is -1.13. The Morgan fingerprint density at radius 1 is 1.47 bits per heavy atom. The van der Waals surface area contributed by atoms with Crippen molar-refractivity contribution >= 4 is 5.82 Å². The van der Waals surface area contributed by atoms with Gasteiger partial charge in [0.1, 0.15) is 5.82 Å².